The van der Waals surface area contributed by atoms with Crippen molar-refractivity contribution >= 4 is 11.9 Å². The Kier molecular flexibility index (Phi) is 63.4. The maximum Gasteiger partial charge on any atom is 0.305 e. The van der Waals surface area contributed by atoms with Crippen molar-refractivity contribution < 1.29 is 24.5 Å². The molecule has 2 atom stereocenters. The number of nitrogens with one attached hydrogen (secondary N) is 1. The van der Waals surface area contributed by atoms with Crippen molar-refractivity contribution in [2.75, 3.05) is 13.2 Å². The van der Waals surface area contributed by atoms with Gasteiger partial charge in [-0.25, -0.2) is 0 Å². The SMILES string of the molecule is CCCCCCCC/C=C\CCCCCCCCCC(=O)OCCCCCCCCCCC/C=C\CCCCCCCCCC(=O)NC(CO)C(O)CCCCCCCCCCCCCCCCCCCCCCC. The molecule has 0 aliphatic heterocycles. The minimum absolute atomic E-state index is 0.00384. The van der Waals surface area contributed by atoms with Gasteiger partial charge in [0.05, 0.1) is 25.4 Å². The highest BCUT2D eigenvalue weighted by Gasteiger charge is 2.20. The molecule has 444 valence electrons. The molecule has 2 unspecified atom stereocenters. The van der Waals surface area contributed by atoms with E-state index in [0.29, 0.717) is 25.9 Å². The Bertz CT molecular complexity index is 1170. The van der Waals surface area contributed by atoms with Gasteiger partial charge >= 0.3 is 5.97 Å². The number of aliphatic hydroxyl groups is 2. The summed E-state index contributed by atoms with van der Waals surface area (Å²) in [6.07, 6.45) is 80.6. The van der Waals surface area contributed by atoms with Crippen LogP contribution in [0.25, 0.3) is 0 Å². The first-order valence-electron chi connectivity index (χ1n) is 34.1. The Balaban J connectivity index is 3.42. The Labute approximate surface area is 469 Å². The predicted octanol–water partition coefficient (Wildman–Crippen LogP) is 21.8. The zero-order valence-corrected chi connectivity index (χ0v) is 50.8. The fourth-order valence-electron chi connectivity index (χ4n) is 10.7. The third kappa shape index (κ3) is 61.4. The molecule has 3 N–H and O–H groups in total. The fraction of sp³-hybridized carbons (Fsp3) is 0.913. The quantitative estimate of drug-likeness (QED) is 0.0320. The van der Waals surface area contributed by atoms with E-state index in [9.17, 15) is 19.8 Å². The molecule has 0 saturated heterocycles. The standard InChI is InChI=1S/C69H133NO5/c1-3-5-7-9-11-13-15-17-19-21-22-23-26-30-33-37-41-45-49-53-57-61-67(72)66(65-71)70-68(73)62-58-54-50-46-42-38-34-31-27-24-25-28-32-36-40-44-48-52-56-60-64-75-69(74)63-59-55-51-47-43-39-35-29-20-18-16-14-12-10-8-6-4-2/h18,20,24,27,66-67,71-72H,3-17,19,21-23,25-26,28-65H2,1-2H3,(H,70,73)/b20-18-,27-24-. The zero-order chi connectivity index (χ0) is 54.3. The lowest BCUT2D eigenvalue weighted by Crippen LogP contribution is -2.45. The van der Waals surface area contributed by atoms with Crippen molar-refractivity contribution in [3.8, 4) is 0 Å². The Morgan fingerprint density at radius 2 is 0.627 bits per heavy atom. The van der Waals surface area contributed by atoms with Crippen LogP contribution in [0.4, 0.5) is 0 Å². The number of unbranched alkanes of at least 4 members (excludes halogenated alkanes) is 49. The number of esters is 1. The summed E-state index contributed by atoms with van der Waals surface area (Å²) in [6.45, 7) is 4.97. The molecule has 0 radical (unpaired) electrons. The molecule has 0 fully saturated rings. The second kappa shape index (κ2) is 64.9. The minimum atomic E-state index is -0.671. The van der Waals surface area contributed by atoms with Crippen LogP contribution in [0.1, 0.15) is 380 Å². The number of amides is 1. The lowest BCUT2D eigenvalue weighted by Gasteiger charge is -2.22. The van der Waals surface area contributed by atoms with Gasteiger partial charge in [-0.1, -0.05) is 314 Å². The highest BCUT2D eigenvalue weighted by molar-refractivity contribution is 5.76. The van der Waals surface area contributed by atoms with E-state index in [-0.39, 0.29) is 18.5 Å². The molecule has 0 saturated carbocycles. The molecule has 0 bridgehead atoms. The third-order valence-electron chi connectivity index (χ3n) is 16.0. The summed E-state index contributed by atoms with van der Waals surface area (Å²) in [5.74, 6) is -0.0359. The van der Waals surface area contributed by atoms with Gasteiger partial charge in [0.1, 0.15) is 0 Å². The summed E-state index contributed by atoms with van der Waals surface area (Å²) in [5.41, 5.74) is 0. The van der Waals surface area contributed by atoms with E-state index in [1.54, 1.807) is 0 Å². The van der Waals surface area contributed by atoms with E-state index in [0.717, 1.165) is 44.9 Å². The van der Waals surface area contributed by atoms with Crippen molar-refractivity contribution in [3.63, 3.8) is 0 Å². The molecular weight excluding hydrogens is 923 g/mol. The summed E-state index contributed by atoms with van der Waals surface area (Å²) in [7, 11) is 0. The average Bonchev–Trinajstić information content (AvgIpc) is 3.41. The summed E-state index contributed by atoms with van der Waals surface area (Å²) in [5, 5.41) is 23.4. The Morgan fingerprint density at radius 3 is 0.947 bits per heavy atom. The lowest BCUT2D eigenvalue weighted by atomic mass is 10.0. The first kappa shape index (κ1) is 73.3. The Morgan fingerprint density at radius 1 is 0.360 bits per heavy atom. The molecule has 0 heterocycles. The van der Waals surface area contributed by atoms with Gasteiger partial charge < -0.3 is 20.3 Å². The minimum Gasteiger partial charge on any atom is -0.466 e. The smallest absolute Gasteiger partial charge is 0.305 e. The largest absolute Gasteiger partial charge is 0.466 e. The molecule has 0 aliphatic carbocycles. The van der Waals surface area contributed by atoms with Crippen LogP contribution in [-0.2, 0) is 14.3 Å². The molecule has 0 aromatic heterocycles. The average molecular weight is 1060 g/mol. The molecule has 0 spiro atoms. The molecular formula is C69H133NO5. The van der Waals surface area contributed by atoms with E-state index in [4.69, 9.17) is 4.74 Å². The first-order chi connectivity index (χ1) is 37.0. The normalized spacial score (nSPS) is 12.6. The van der Waals surface area contributed by atoms with Gasteiger partial charge in [-0.3, -0.25) is 9.59 Å². The van der Waals surface area contributed by atoms with Gasteiger partial charge in [0.2, 0.25) is 5.91 Å². The van der Waals surface area contributed by atoms with Crippen molar-refractivity contribution in [1.29, 1.82) is 0 Å². The Hall–Kier alpha value is -1.66. The number of ether oxygens (including phenoxy) is 1. The van der Waals surface area contributed by atoms with E-state index >= 15 is 0 Å². The molecule has 75 heavy (non-hydrogen) atoms. The molecule has 0 aliphatic rings. The molecule has 6 heteroatoms. The van der Waals surface area contributed by atoms with E-state index in [1.165, 1.54) is 302 Å². The second-order valence-corrected chi connectivity index (χ2v) is 23.5. The fourth-order valence-corrected chi connectivity index (χ4v) is 10.7. The number of hydrogen-bond donors (Lipinski definition) is 3. The molecule has 0 aromatic carbocycles. The molecule has 0 aromatic rings. The van der Waals surface area contributed by atoms with Gasteiger partial charge in [-0.2, -0.15) is 0 Å². The van der Waals surface area contributed by atoms with E-state index in [1.807, 2.05) is 0 Å². The van der Waals surface area contributed by atoms with Crippen molar-refractivity contribution in [2.24, 2.45) is 0 Å². The summed E-state index contributed by atoms with van der Waals surface area (Å²) >= 11 is 0. The number of carbonyl (C=O) groups excluding carboxylic acids is 2. The van der Waals surface area contributed by atoms with Crippen LogP contribution >= 0.6 is 0 Å². The number of hydrogen-bond acceptors (Lipinski definition) is 5. The number of carbonyl (C=O) groups is 2. The third-order valence-corrected chi connectivity index (χ3v) is 16.0. The predicted molar refractivity (Wildman–Crippen MR) is 329 cm³/mol. The molecule has 0 rings (SSSR count). The van der Waals surface area contributed by atoms with Crippen molar-refractivity contribution in [3.05, 3.63) is 24.3 Å². The van der Waals surface area contributed by atoms with E-state index in [2.05, 4.69) is 43.5 Å². The lowest BCUT2D eigenvalue weighted by molar-refractivity contribution is -0.143. The number of rotatable bonds is 64. The van der Waals surface area contributed by atoms with E-state index < -0.39 is 12.1 Å². The van der Waals surface area contributed by atoms with Crippen LogP contribution in [0.5, 0.6) is 0 Å². The number of aliphatic hydroxyl groups excluding tert-OH is 2. The first-order valence-corrected chi connectivity index (χ1v) is 34.1. The van der Waals surface area contributed by atoms with Gasteiger partial charge in [-0.15, -0.1) is 0 Å². The van der Waals surface area contributed by atoms with Crippen LogP contribution < -0.4 is 5.32 Å². The van der Waals surface area contributed by atoms with Gasteiger partial charge in [0, 0.05) is 12.8 Å². The second-order valence-electron chi connectivity index (χ2n) is 23.5. The van der Waals surface area contributed by atoms with Crippen LogP contribution in [0.2, 0.25) is 0 Å². The van der Waals surface area contributed by atoms with Crippen LogP contribution in [0.3, 0.4) is 0 Å². The van der Waals surface area contributed by atoms with Gasteiger partial charge in [-0.05, 0) is 77.0 Å². The molecule has 1 amide bonds. The summed E-state index contributed by atoms with van der Waals surface area (Å²) < 4.78 is 5.49. The monoisotopic (exact) mass is 1060 g/mol. The topological polar surface area (TPSA) is 95.9 Å². The highest BCUT2D eigenvalue weighted by Crippen LogP contribution is 2.18. The van der Waals surface area contributed by atoms with Crippen LogP contribution in [0.15, 0.2) is 24.3 Å². The summed E-state index contributed by atoms with van der Waals surface area (Å²) in [6, 6.07) is -0.549. The van der Waals surface area contributed by atoms with Crippen LogP contribution in [-0.4, -0.2) is 47.4 Å². The number of allylic oxidation sites excluding steroid dienone is 4. The van der Waals surface area contributed by atoms with Crippen molar-refractivity contribution in [2.45, 2.75) is 392 Å². The molecule has 6 nitrogen and oxygen atoms in total. The maximum absolute atomic E-state index is 12.5. The van der Waals surface area contributed by atoms with Gasteiger partial charge in [0.15, 0.2) is 0 Å². The zero-order valence-electron chi connectivity index (χ0n) is 50.8. The van der Waals surface area contributed by atoms with Crippen molar-refractivity contribution in [1.82, 2.24) is 5.32 Å². The van der Waals surface area contributed by atoms with Gasteiger partial charge in [0.25, 0.3) is 0 Å². The highest BCUT2D eigenvalue weighted by atomic mass is 16.5. The maximum atomic E-state index is 12.5. The van der Waals surface area contributed by atoms with Crippen LogP contribution in [0, 0.1) is 0 Å². The summed E-state index contributed by atoms with van der Waals surface area (Å²) in [4.78, 5) is 24.6.